The summed E-state index contributed by atoms with van der Waals surface area (Å²) >= 11 is 6.24. The quantitative estimate of drug-likeness (QED) is 0.810. The molecule has 1 aromatic heterocycles. The maximum atomic E-state index is 9.43. The minimum atomic E-state index is 0.140. The Morgan fingerprint density at radius 1 is 1.48 bits per heavy atom. The van der Waals surface area contributed by atoms with Crippen molar-refractivity contribution in [1.82, 2.24) is 4.98 Å². The molecule has 21 heavy (non-hydrogen) atoms. The van der Waals surface area contributed by atoms with Gasteiger partial charge >= 0.3 is 0 Å². The fraction of sp³-hybridized carbons (Fsp3) is 0.375. The Balaban J connectivity index is 2.19. The summed E-state index contributed by atoms with van der Waals surface area (Å²) in [4.78, 5) is 6.56. The van der Waals surface area contributed by atoms with Crippen molar-refractivity contribution in [3.8, 4) is 6.07 Å². The van der Waals surface area contributed by atoms with Gasteiger partial charge in [0.25, 0.3) is 0 Å². The number of aromatic nitrogens is 1. The first kappa shape index (κ1) is 14.1. The summed E-state index contributed by atoms with van der Waals surface area (Å²) in [6.45, 7) is 4.44. The average molecular weight is 302 g/mol. The Labute approximate surface area is 128 Å². The first-order valence-corrected chi connectivity index (χ1v) is 7.42. The molecule has 0 amide bonds. The standard InChI is InChI=1S/C16H16ClN3O/c1-11-10-20(6-3-7-21-11)16-12(8-18)9-19-15-13(16)4-2-5-14(15)17/h2,4-5,9,11H,3,6-7,10H2,1H3. The van der Waals surface area contributed by atoms with Crippen molar-refractivity contribution < 1.29 is 4.74 Å². The van der Waals surface area contributed by atoms with Gasteiger partial charge in [0, 0.05) is 31.3 Å². The molecule has 0 N–H and O–H groups in total. The van der Waals surface area contributed by atoms with Crippen LogP contribution in [0.1, 0.15) is 18.9 Å². The van der Waals surface area contributed by atoms with E-state index in [4.69, 9.17) is 16.3 Å². The van der Waals surface area contributed by atoms with Gasteiger partial charge in [-0.1, -0.05) is 23.7 Å². The molecule has 1 fully saturated rings. The van der Waals surface area contributed by atoms with Gasteiger partial charge in [0.1, 0.15) is 6.07 Å². The van der Waals surface area contributed by atoms with Gasteiger partial charge in [-0.3, -0.25) is 4.98 Å². The SMILES string of the molecule is CC1CN(c2c(C#N)cnc3c(Cl)cccc23)CCCO1. The predicted octanol–water partition coefficient (Wildman–Crippen LogP) is 3.38. The molecule has 1 unspecified atom stereocenters. The van der Waals surface area contributed by atoms with Gasteiger partial charge in [0.05, 0.1) is 27.9 Å². The number of pyridine rings is 1. The van der Waals surface area contributed by atoms with Crippen LogP contribution in [0.2, 0.25) is 5.02 Å². The van der Waals surface area contributed by atoms with Crippen molar-refractivity contribution in [1.29, 1.82) is 5.26 Å². The largest absolute Gasteiger partial charge is 0.377 e. The van der Waals surface area contributed by atoms with Crippen LogP contribution in [-0.2, 0) is 4.74 Å². The van der Waals surface area contributed by atoms with Crippen LogP contribution in [0.4, 0.5) is 5.69 Å². The first-order valence-electron chi connectivity index (χ1n) is 7.04. The third kappa shape index (κ3) is 2.67. The molecule has 1 aliphatic rings. The highest BCUT2D eigenvalue weighted by Gasteiger charge is 2.21. The molecule has 4 nitrogen and oxygen atoms in total. The Bertz CT molecular complexity index is 710. The van der Waals surface area contributed by atoms with Crippen LogP contribution in [0.15, 0.2) is 24.4 Å². The zero-order valence-corrected chi connectivity index (χ0v) is 12.6. The number of hydrogen-bond acceptors (Lipinski definition) is 4. The Morgan fingerprint density at radius 2 is 2.33 bits per heavy atom. The van der Waals surface area contributed by atoms with E-state index in [2.05, 4.69) is 22.9 Å². The molecule has 2 aromatic rings. The van der Waals surface area contributed by atoms with Gasteiger partial charge in [0.15, 0.2) is 0 Å². The molecule has 0 spiro atoms. The molecule has 108 valence electrons. The van der Waals surface area contributed by atoms with Crippen LogP contribution in [0.3, 0.4) is 0 Å². The van der Waals surface area contributed by atoms with E-state index in [1.807, 2.05) is 18.2 Å². The third-order valence-electron chi connectivity index (χ3n) is 3.71. The van der Waals surface area contributed by atoms with Crippen molar-refractivity contribution in [3.05, 3.63) is 35.0 Å². The molecule has 2 heterocycles. The van der Waals surface area contributed by atoms with Crippen molar-refractivity contribution in [2.75, 3.05) is 24.6 Å². The van der Waals surface area contributed by atoms with Crippen molar-refractivity contribution in [3.63, 3.8) is 0 Å². The van der Waals surface area contributed by atoms with E-state index in [9.17, 15) is 5.26 Å². The van der Waals surface area contributed by atoms with E-state index in [0.29, 0.717) is 10.6 Å². The van der Waals surface area contributed by atoms with Crippen molar-refractivity contribution in [2.24, 2.45) is 0 Å². The third-order valence-corrected chi connectivity index (χ3v) is 4.01. The summed E-state index contributed by atoms with van der Waals surface area (Å²) in [5.41, 5.74) is 2.24. The summed E-state index contributed by atoms with van der Waals surface area (Å²) < 4.78 is 5.70. The van der Waals surface area contributed by atoms with Gasteiger partial charge in [0.2, 0.25) is 0 Å². The molecule has 0 aliphatic carbocycles. The lowest BCUT2D eigenvalue weighted by Crippen LogP contribution is -2.31. The number of rotatable bonds is 1. The normalized spacial score (nSPS) is 19.3. The second-order valence-corrected chi connectivity index (χ2v) is 5.66. The second-order valence-electron chi connectivity index (χ2n) is 5.25. The number of ether oxygens (including phenoxy) is 1. The number of hydrogen-bond donors (Lipinski definition) is 0. The van der Waals surface area contributed by atoms with Gasteiger partial charge in [-0.15, -0.1) is 0 Å². The number of halogens is 1. The highest BCUT2D eigenvalue weighted by Crippen LogP contribution is 2.33. The molecule has 1 saturated heterocycles. The van der Waals surface area contributed by atoms with E-state index >= 15 is 0 Å². The number of benzene rings is 1. The van der Waals surface area contributed by atoms with Gasteiger partial charge in [-0.05, 0) is 19.4 Å². The van der Waals surface area contributed by atoms with Gasteiger partial charge < -0.3 is 9.64 Å². The minimum Gasteiger partial charge on any atom is -0.377 e. The number of nitriles is 1. The molecule has 1 aliphatic heterocycles. The highest BCUT2D eigenvalue weighted by molar-refractivity contribution is 6.35. The van der Waals surface area contributed by atoms with Crippen LogP contribution in [0, 0.1) is 11.3 Å². The van der Waals surface area contributed by atoms with Gasteiger partial charge in [-0.25, -0.2) is 0 Å². The lowest BCUT2D eigenvalue weighted by molar-refractivity contribution is 0.0821. The number of nitrogens with zero attached hydrogens (tertiary/aromatic N) is 3. The van der Waals surface area contributed by atoms with E-state index in [-0.39, 0.29) is 6.10 Å². The number of para-hydroxylation sites is 1. The van der Waals surface area contributed by atoms with Crippen molar-refractivity contribution in [2.45, 2.75) is 19.4 Å². The lowest BCUT2D eigenvalue weighted by Gasteiger charge is -2.26. The maximum absolute atomic E-state index is 9.43. The summed E-state index contributed by atoms with van der Waals surface area (Å²) in [5, 5.41) is 11.0. The van der Waals surface area contributed by atoms with Crippen LogP contribution >= 0.6 is 11.6 Å². The summed E-state index contributed by atoms with van der Waals surface area (Å²) in [5.74, 6) is 0. The van der Waals surface area contributed by atoms with E-state index in [0.717, 1.165) is 42.7 Å². The van der Waals surface area contributed by atoms with Gasteiger partial charge in [-0.2, -0.15) is 5.26 Å². The van der Waals surface area contributed by atoms with Crippen LogP contribution in [0.5, 0.6) is 0 Å². The zero-order valence-electron chi connectivity index (χ0n) is 11.8. The molecule has 0 saturated carbocycles. The maximum Gasteiger partial charge on any atom is 0.103 e. The Morgan fingerprint density at radius 3 is 3.14 bits per heavy atom. The number of fused-ring (bicyclic) bond motifs is 1. The van der Waals surface area contributed by atoms with Crippen LogP contribution in [-0.4, -0.2) is 30.8 Å². The van der Waals surface area contributed by atoms with E-state index < -0.39 is 0 Å². The fourth-order valence-corrected chi connectivity index (χ4v) is 3.02. The van der Waals surface area contributed by atoms with Crippen LogP contribution in [0.25, 0.3) is 10.9 Å². The molecule has 1 aromatic carbocycles. The lowest BCUT2D eigenvalue weighted by atomic mass is 10.1. The monoisotopic (exact) mass is 301 g/mol. The molecule has 5 heteroatoms. The fourth-order valence-electron chi connectivity index (χ4n) is 2.79. The average Bonchev–Trinajstić information content (AvgIpc) is 2.71. The molecule has 1 atom stereocenters. The van der Waals surface area contributed by atoms with E-state index in [1.54, 1.807) is 6.20 Å². The highest BCUT2D eigenvalue weighted by atomic mass is 35.5. The number of anilines is 1. The Hall–Kier alpha value is -1.83. The molecular weight excluding hydrogens is 286 g/mol. The van der Waals surface area contributed by atoms with Crippen molar-refractivity contribution >= 4 is 28.2 Å². The minimum absolute atomic E-state index is 0.140. The van der Waals surface area contributed by atoms with E-state index in [1.165, 1.54) is 0 Å². The summed E-state index contributed by atoms with van der Waals surface area (Å²) in [7, 11) is 0. The topological polar surface area (TPSA) is 49.2 Å². The van der Waals surface area contributed by atoms with Crippen LogP contribution < -0.4 is 4.90 Å². The molecule has 0 radical (unpaired) electrons. The zero-order chi connectivity index (χ0) is 14.8. The Kier molecular flexibility index (Phi) is 3.96. The summed E-state index contributed by atoms with van der Waals surface area (Å²) in [6, 6.07) is 7.94. The molecule has 3 rings (SSSR count). The summed E-state index contributed by atoms with van der Waals surface area (Å²) in [6.07, 6.45) is 2.70. The first-order chi connectivity index (χ1) is 10.2. The predicted molar refractivity (Wildman–Crippen MR) is 83.7 cm³/mol. The molecular formula is C16H16ClN3O. The second kappa shape index (κ2) is 5.88. The smallest absolute Gasteiger partial charge is 0.103 e. The molecule has 0 bridgehead atoms.